The molecule has 3 fully saturated rings. The summed E-state index contributed by atoms with van der Waals surface area (Å²) in [6, 6.07) is 14.4. The average Bonchev–Trinajstić information content (AvgIpc) is 4.00. The van der Waals surface area contributed by atoms with E-state index in [9.17, 15) is 22.8 Å². The van der Waals surface area contributed by atoms with Gasteiger partial charge in [0.05, 0.1) is 22.5 Å². The summed E-state index contributed by atoms with van der Waals surface area (Å²) in [6.45, 7) is 5.99. The molecule has 6 rings (SSSR count). The van der Waals surface area contributed by atoms with Crippen molar-refractivity contribution >= 4 is 50.2 Å². The number of unbranched alkanes of at least 4 members (excludes halogenated alkanes) is 3. The molecule has 5 unspecified atom stereocenters. The molecule has 2 heterocycles. The van der Waals surface area contributed by atoms with Crippen LogP contribution in [0, 0.1) is 11.8 Å². The molecule has 0 spiro atoms. The van der Waals surface area contributed by atoms with Crippen molar-refractivity contribution in [3.8, 4) is 6.01 Å². The summed E-state index contributed by atoms with van der Waals surface area (Å²) in [5.41, 5.74) is 9.13. The van der Waals surface area contributed by atoms with Crippen LogP contribution in [0.15, 0.2) is 60.7 Å². The number of nitrogens with two attached hydrogens (primary N) is 1. The monoisotopic (exact) mass is 747 g/mol. The maximum atomic E-state index is 14.3. The van der Waals surface area contributed by atoms with E-state index >= 15 is 0 Å². The predicted molar refractivity (Wildman–Crippen MR) is 206 cm³/mol. The maximum Gasteiger partial charge on any atom is 0.298 e. The number of amides is 3. The van der Waals surface area contributed by atoms with Gasteiger partial charge in [-0.15, -0.1) is 0 Å². The van der Waals surface area contributed by atoms with E-state index in [1.807, 2.05) is 67.0 Å². The third-order valence-corrected chi connectivity index (χ3v) is 13.0. The van der Waals surface area contributed by atoms with Crippen molar-refractivity contribution in [3.05, 3.63) is 60.7 Å². The van der Waals surface area contributed by atoms with Crippen molar-refractivity contribution in [2.45, 2.75) is 108 Å². The van der Waals surface area contributed by atoms with Crippen LogP contribution in [0.3, 0.4) is 0 Å². The van der Waals surface area contributed by atoms with Crippen molar-refractivity contribution in [1.82, 2.24) is 24.5 Å². The molecule has 3 aromatic rings. The lowest BCUT2D eigenvalue weighted by atomic mass is 10.0. The third kappa shape index (κ3) is 8.63. The first kappa shape index (κ1) is 38.1. The van der Waals surface area contributed by atoms with Gasteiger partial charge >= 0.3 is 0 Å². The number of ether oxygens (including phenoxy) is 1. The van der Waals surface area contributed by atoms with Gasteiger partial charge in [0.2, 0.25) is 27.7 Å². The fourth-order valence-electron chi connectivity index (χ4n) is 7.15. The van der Waals surface area contributed by atoms with Gasteiger partial charge in [-0.05, 0) is 89.5 Å². The summed E-state index contributed by atoms with van der Waals surface area (Å²) < 4.78 is 34.7. The maximum absolute atomic E-state index is 14.3. The average molecular weight is 748 g/mol. The van der Waals surface area contributed by atoms with Crippen molar-refractivity contribution in [1.29, 1.82) is 0 Å². The second-order valence-corrected chi connectivity index (χ2v) is 17.4. The highest BCUT2D eigenvalue weighted by molar-refractivity contribution is 7.91. The summed E-state index contributed by atoms with van der Waals surface area (Å²) in [6.07, 6.45) is 9.77. The van der Waals surface area contributed by atoms with Crippen molar-refractivity contribution in [2.75, 3.05) is 24.6 Å². The number of rotatable bonds is 17. The highest BCUT2D eigenvalue weighted by Gasteiger charge is 2.52. The van der Waals surface area contributed by atoms with Gasteiger partial charge in [-0.2, -0.15) is 4.98 Å². The number of hydrogen-bond donors (Lipinski definition) is 4. The summed E-state index contributed by atoms with van der Waals surface area (Å²) in [5.74, 6) is -1.02. The van der Waals surface area contributed by atoms with Crippen molar-refractivity contribution < 1.29 is 27.5 Å². The lowest BCUT2D eigenvalue weighted by Gasteiger charge is -2.29. The number of nitrogens with one attached hydrogen (secondary N) is 3. The molecule has 1 saturated heterocycles. The predicted octanol–water partition coefficient (Wildman–Crippen LogP) is 4.92. The molecule has 53 heavy (non-hydrogen) atoms. The lowest BCUT2D eigenvalue weighted by Crippen LogP contribution is -2.50. The van der Waals surface area contributed by atoms with Gasteiger partial charge in [0.1, 0.15) is 23.7 Å². The first-order valence-corrected chi connectivity index (χ1v) is 20.3. The standard InChI is InChI=1S/C39H53N7O6S/c1-25(2)46-32-19-13-17-30(40)34(32)43-38(46)52-28-23-33(36(48)41-4)45(24-28)37(49)31(42-27-15-10-8-11-16-27)18-12-7-5-6-9-14-26-22-29(26)35(47)44-53(50,51)39(3)20-21-39/h8-11,13-17,19,25-26,28-29,31,33,42H,5-7,12,18,20-24,40H2,1-4H3,(H,41,48)(H,44,47). The number of benzene rings is 2. The molecule has 0 radical (unpaired) electrons. The molecule has 13 nitrogen and oxygen atoms in total. The normalized spacial score (nSPS) is 22.5. The van der Waals surface area contributed by atoms with Crippen LogP contribution in [0.4, 0.5) is 11.4 Å². The van der Waals surface area contributed by atoms with Crippen LogP contribution in [-0.4, -0.2) is 77.1 Å². The molecule has 1 aromatic heterocycles. The Morgan fingerprint density at radius 3 is 2.49 bits per heavy atom. The molecule has 14 heteroatoms. The minimum Gasteiger partial charge on any atom is -0.459 e. The van der Waals surface area contributed by atoms with Crippen molar-refractivity contribution in [2.24, 2.45) is 11.8 Å². The largest absolute Gasteiger partial charge is 0.459 e. The van der Waals surface area contributed by atoms with E-state index in [1.165, 1.54) is 0 Å². The SMILES string of the molecule is CNC(=O)C1CC(Oc2nc3c(N)cccc3n2C(C)C)CN1C(=O)C(CCCCCC=CC1CC1C(=O)NS(=O)(=O)C1(C)CC1)Nc1ccccc1. The van der Waals surface area contributed by atoms with Crippen LogP contribution in [0.5, 0.6) is 6.01 Å². The Kier molecular flexibility index (Phi) is 11.4. The highest BCUT2D eigenvalue weighted by atomic mass is 32.2. The number of sulfonamides is 1. The fourth-order valence-corrected chi connectivity index (χ4v) is 8.45. The summed E-state index contributed by atoms with van der Waals surface area (Å²) >= 11 is 0. The van der Waals surface area contributed by atoms with Gasteiger partial charge < -0.3 is 26.0 Å². The lowest BCUT2D eigenvalue weighted by molar-refractivity contribution is -0.139. The number of carbonyl (C=O) groups excluding carboxylic acids is 3. The van der Waals surface area contributed by atoms with Gasteiger partial charge in [0, 0.05) is 31.1 Å². The molecule has 0 bridgehead atoms. The Labute approximate surface area is 312 Å². The zero-order valence-corrected chi connectivity index (χ0v) is 31.9. The molecule has 2 saturated carbocycles. The van der Waals surface area contributed by atoms with Gasteiger partial charge in [-0.25, -0.2) is 8.42 Å². The van der Waals surface area contributed by atoms with Gasteiger partial charge in [0.15, 0.2) is 0 Å². The summed E-state index contributed by atoms with van der Waals surface area (Å²) in [7, 11) is -2.04. The van der Waals surface area contributed by atoms with E-state index < -0.39 is 38.9 Å². The number of aromatic nitrogens is 2. The highest BCUT2D eigenvalue weighted by Crippen LogP contribution is 2.44. The minimum absolute atomic E-state index is 0.0410. The minimum atomic E-state index is -3.61. The molecule has 3 amide bonds. The molecule has 5 N–H and O–H groups in total. The van der Waals surface area contributed by atoms with Crippen molar-refractivity contribution in [3.63, 3.8) is 0 Å². The van der Waals surface area contributed by atoms with E-state index in [4.69, 9.17) is 15.5 Å². The second-order valence-electron chi connectivity index (χ2n) is 15.2. The van der Waals surface area contributed by atoms with E-state index in [1.54, 1.807) is 24.9 Å². The molecule has 1 aliphatic heterocycles. The number of likely N-dealkylation sites (N-methyl/N-ethyl adjacent to an activating group) is 1. The number of anilines is 2. The Bertz CT molecular complexity index is 1940. The van der Waals surface area contributed by atoms with E-state index in [0.29, 0.717) is 49.3 Å². The van der Waals surface area contributed by atoms with E-state index in [0.717, 1.165) is 36.9 Å². The molecular formula is C39H53N7O6S. The van der Waals surface area contributed by atoms with Crippen LogP contribution in [-0.2, 0) is 24.4 Å². The van der Waals surface area contributed by atoms with Crippen LogP contribution in [0.1, 0.15) is 84.6 Å². The smallest absolute Gasteiger partial charge is 0.298 e. The molecule has 5 atom stereocenters. The molecule has 286 valence electrons. The molecular weight excluding hydrogens is 695 g/mol. The Balaban J connectivity index is 1.05. The number of hydrogen-bond acceptors (Lipinski definition) is 9. The van der Waals surface area contributed by atoms with Gasteiger partial charge in [-0.3, -0.25) is 23.7 Å². The number of likely N-dealkylation sites (tertiary alicyclic amines) is 1. The number of carbonyl (C=O) groups is 3. The second kappa shape index (κ2) is 15.8. The number of imidazole rings is 1. The Morgan fingerprint density at radius 1 is 1.04 bits per heavy atom. The molecule has 2 aromatic carbocycles. The van der Waals surface area contributed by atoms with E-state index in [-0.39, 0.29) is 36.2 Å². The van der Waals surface area contributed by atoms with E-state index in [2.05, 4.69) is 21.4 Å². The topological polar surface area (TPSA) is 178 Å². The quantitative estimate of drug-likeness (QED) is 0.0849. The van der Waals surface area contributed by atoms with Crippen LogP contribution in [0.25, 0.3) is 11.0 Å². The first-order valence-electron chi connectivity index (χ1n) is 18.8. The Hall–Kier alpha value is -4.59. The number of para-hydroxylation sites is 2. The molecule has 2 aliphatic carbocycles. The summed E-state index contributed by atoms with van der Waals surface area (Å²) in [5, 5.41) is 6.16. The fraction of sp³-hybridized carbons (Fsp3) is 0.538. The van der Waals surface area contributed by atoms with Crippen LogP contribution in [0.2, 0.25) is 0 Å². The molecule has 3 aliphatic rings. The zero-order valence-electron chi connectivity index (χ0n) is 31.1. The van der Waals surface area contributed by atoms with Crippen LogP contribution < -0.4 is 25.8 Å². The zero-order chi connectivity index (χ0) is 37.9. The van der Waals surface area contributed by atoms with Crippen LogP contribution >= 0.6 is 0 Å². The number of allylic oxidation sites excluding steroid dienone is 2. The summed E-state index contributed by atoms with van der Waals surface area (Å²) in [4.78, 5) is 46.3. The van der Waals surface area contributed by atoms with Gasteiger partial charge in [-0.1, -0.05) is 49.3 Å². The number of fused-ring (bicyclic) bond motifs is 1. The van der Waals surface area contributed by atoms with Gasteiger partial charge in [0.25, 0.3) is 6.01 Å². The Morgan fingerprint density at radius 2 is 1.79 bits per heavy atom. The number of nitrogen functional groups attached to an aromatic ring is 1. The number of nitrogens with zero attached hydrogens (tertiary/aromatic N) is 3. The third-order valence-electron chi connectivity index (χ3n) is 10.8. The first-order chi connectivity index (χ1) is 25.3.